The Bertz CT molecular complexity index is 548. The van der Waals surface area contributed by atoms with Crippen molar-refractivity contribution in [2.24, 2.45) is 0 Å². The van der Waals surface area contributed by atoms with E-state index in [2.05, 4.69) is 0 Å². The van der Waals surface area contributed by atoms with Gasteiger partial charge >= 0.3 is 0 Å². The van der Waals surface area contributed by atoms with E-state index in [1.807, 2.05) is 31.2 Å². The molecular weight excluding hydrogens is 264 g/mol. The van der Waals surface area contributed by atoms with E-state index in [4.69, 9.17) is 25.5 Å². The lowest BCUT2D eigenvalue weighted by molar-refractivity contribution is 0.354. The van der Waals surface area contributed by atoms with Crippen LogP contribution in [0.3, 0.4) is 0 Å². The molecule has 3 nitrogen and oxygen atoms in total. The zero-order valence-corrected chi connectivity index (χ0v) is 12.0. The van der Waals surface area contributed by atoms with E-state index in [0.29, 0.717) is 12.2 Å². The lowest BCUT2D eigenvalue weighted by Crippen LogP contribution is -1.97. The quantitative estimate of drug-likeness (QED) is 0.772. The predicted octanol–water partition coefficient (Wildman–Crippen LogP) is 4.13. The van der Waals surface area contributed by atoms with Crippen LogP contribution in [-0.4, -0.2) is 14.2 Å². The maximum atomic E-state index is 6.39. The van der Waals surface area contributed by atoms with Crippen molar-refractivity contribution in [2.75, 3.05) is 14.2 Å². The fraction of sp³-hybridized carbons (Fsp3) is 0.333. The fourth-order valence-electron chi connectivity index (χ4n) is 1.96. The van der Waals surface area contributed by atoms with Crippen LogP contribution >= 0.6 is 11.6 Å². The maximum absolute atomic E-state index is 6.39. The lowest BCUT2D eigenvalue weighted by atomic mass is 10.1. The Morgan fingerprint density at radius 2 is 1.89 bits per heavy atom. The molecule has 0 aliphatic carbocycles. The molecule has 0 N–H and O–H groups in total. The summed E-state index contributed by atoms with van der Waals surface area (Å²) >= 11 is 6.39. The van der Waals surface area contributed by atoms with E-state index in [-0.39, 0.29) is 5.38 Å². The van der Waals surface area contributed by atoms with Crippen LogP contribution in [0.5, 0.6) is 11.5 Å². The summed E-state index contributed by atoms with van der Waals surface area (Å²) in [5, 5.41) is -0.115. The monoisotopic (exact) mass is 280 g/mol. The van der Waals surface area contributed by atoms with Crippen molar-refractivity contribution >= 4 is 11.6 Å². The van der Waals surface area contributed by atoms with Gasteiger partial charge in [0.2, 0.25) is 0 Å². The number of benzene rings is 1. The van der Waals surface area contributed by atoms with Gasteiger partial charge in [-0.1, -0.05) is 6.07 Å². The highest BCUT2D eigenvalue weighted by molar-refractivity contribution is 6.20. The first kappa shape index (κ1) is 13.8. The van der Waals surface area contributed by atoms with Gasteiger partial charge in [0.05, 0.1) is 25.9 Å². The zero-order valence-electron chi connectivity index (χ0n) is 11.3. The molecule has 1 aromatic carbocycles. The normalized spacial score (nSPS) is 12.2. The standard InChI is InChI=1S/C15H17ClO3/c1-10-6-12(9-19-10)13(16)7-11-4-5-14(17-2)15(8-11)18-3/h4-6,8-9,13H,7H2,1-3H3. The third-order valence-corrected chi connectivity index (χ3v) is 3.38. The van der Waals surface area contributed by atoms with Gasteiger partial charge in [-0.2, -0.15) is 0 Å². The van der Waals surface area contributed by atoms with Gasteiger partial charge in [-0.15, -0.1) is 11.6 Å². The molecule has 0 bridgehead atoms. The lowest BCUT2D eigenvalue weighted by Gasteiger charge is -2.11. The van der Waals surface area contributed by atoms with Crippen molar-refractivity contribution in [1.82, 2.24) is 0 Å². The summed E-state index contributed by atoms with van der Waals surface area (Å²) in [6.45, 7) is 1.91. The number of hydrogen-bond acceptors (Lipinski definition) is 3. The summed E-state index contributed by atoms with van der Waals surface area (Å²) < 4.78 is 15.8. The first-order chi connectivity index (χ1) is 9.13. The minimum Gasteiger partial charge on any atom is -0.493 e. The van der Waals surface area contributed by atoms with Crippen LogP contribution in [0.25, 0.3) is 0 Å². The van der Waals surface area contributed by atoms with E-state index in [0.717, 1.165) is 22.6 Å². The average Bonchev–Trinajstić information content (AvgIpc) is 2.85. The largest absolute Gasteiger partial charge is 0.493 e. The van der Waals surface area contributed by atoms with Crippen molar-refractivity contribution < 1.29 is 13.9 Å². The number of ether oxygens (including phenoxy) is 2. The smallest absolute Gasteiger partial charge is 0.160 e. The molecule has 1 aromatic heterocycles. The van der Waals surface area contributed by atoms with Crippen LogP contribution < -0.4 is 9.47 Å². The van der Waals surface area contributed by atoms with Gasteiger partial charge in [0.25, 0.3) is 0 Å². The number of alkyl halides is 1. The highest BCUT2D eigenvalue weighted by Gasteiger charge is 2.13. The third-order valence-electron chi connectivity index (χ3n) is 2.98. The summed E-state index contributed by atoms with van der Waals surface area (Å²) in [7, 11) is 3.25. The number of hydrogen-bond donors (Lipinski definition) is 0. The first-order valence-corrected chi connectivity index (χ1v) is 6.47. The van der Waals surface area contributed by atoms with Crippen LogP contribution in [0, 0.1) is 6.92 Å². The van der Waals surface area contributed by atoms with Gasteiger partial charge < -0.3 is 13.9 Å². The molecule has 1 atom stereocenters. The summed E-state index contributed by atoms with van der Waals surface area (Å²) in [6.07, 6.45) is 2.41. The number of methoxy groups -OCH3 is 2. The summed E-state index contributed by atoms with van der Waals surface area (Å²) in [5.41, 5.74) is 2.09. The van der Waals surface area contributed by atoms with Gasteiger partial charge in [0, 0.05) is 5.56 Å². The van der Waals surface area contributed by atoms with Crippen molar-refractivity contribution in [3.63, 3.8) is 0 Å². The Morgan fingerprint density at radius 1 is 1.16 bits per heavy atom. The first-order valence-electron chi connectivity index (χ1n) is 6.04. The molecule has 19 heavy (non-hydrogen) atoms. The molecule has 0 amide bonds. The molecule has 0 spiro atoms. The Kier molecular flexibility index (Phi) is 4.38. The molecule has 0 aliphatic rings. The van der Waals surface area contributed by atoms with E-state index in [1.54, 1.807) is 20.5 Å². The number of halogens is 1. The average molecular weight is 281 g/mol. The second-order valence-corrected chi connectivity index (χ2v) is 4.88. The van der Waals surface area contributed by atoms with Crippen LogP contribution in [-0.2, 0) is 6.42 Å². The molecular formula is C15H17ClO3. The topological polar surface area (TPSA) is 31.6 Å². The fourth-order valence-corrected chi connectivity index (χ4v) is 2.25. The van der Waals surface area contributed by atoms with Crippen molar-refractivity contribution in [3.05, 3.63) is 47.4 Å². The van der Waals surface area contributed by atoms with E-state index in [1.165, 1.54) is 0 Å². The van der Waals surface area contributed by atoms with Gasteiger partial charge in [-0.25, -0.2) is 0 Å². The third kappa shape index (κ3) is 3.24. The molecule has 102 valence electrons. The van der Waals surface area contributed by atoms with Gasteiger partial charge in [0.15, 0.2) is 11.5 Å². The molecule has 0 saturated carbocycles. The van der Waals surface area contributed by atoms with Crippen LogP contribution in [0.2, 0.25) is 0 Å². The molecule has 1 heterocycles. The number of aryl methyl sites for hydroxylation is 1. The Morgan fingerprint density at radius 3 is 2.47 bits per heavy atom. The molecule has 0 aliphatic heterocycles. The Hall–Kier alpha value is -1.61. The SMILES string of the molecule is COc1ccc(CC(Cl)c2coc(C)c2)cc1OC. The van der Waals surface area contributed by atoms with E-state index in [9.17, 15) is 0 Å². The highest BCUT2D eigenvalue weighted by atomic mass is 35.5. The van der Waals surface area contributed by atoms with Gasteiger partial charge in [0.1, 0.15) is 5.76 Å². The van der Waals surface area contributed by atoms with E-state index < -0.39 is 0 Å². The molecule has 1 unspecified atom stereocenters. The molecule has 4 heteroatoms. The molecule has 0 radical (unpaired) electrons. The van der Waals surface area contributed by atoms with Crippen LogP contribution in [0.1, 0.15) is 22.3 Å². The van der Waals surface area contributed by atoms with Gasteiger partial charge in [-0.3, -0.25) is 0 Å². The minimum atomic E-state index is -0.115. The summed E-state index contributed by atoms with van der Waals surface area (Å²) in [4.78, 5) is 0. The maximum Gasteiger partial charge on any atom is 0.160 e. The minimum absolute atomic E-state index is 0.115. The predicted molar refractivity (Wildman–Crippen MR) is 75.3 cm³/mol. The van der Waals surface area contributed by atoms with Crippen molar-refractivity contribution in [2.45, 2.75) is 18.7 Å². The van der Waals surface area contributed by atoms with Crippen molar-refractivity contribution in [1.29, 1.82) is 0 Å². The molecule has 2 rings (SSSR count). The second-order valence-electron chi connectivity index (χ2n) is 4.35. The molecule has 2 aromatic rings. The Balaban J connectivity index is 2.14. The zero-order chi connectivity index (χ0) is 13.8. The highest BCUT2D eigenvalue weighted by Crippen LogP contribution is 2.31. The second kappa shape index (κ2) is 6.02. The summed E-state index contributed by atoms with van der Waals surface area (Å²) in [5.74, 6) is 2.30. The molecule has 0 saturated heterocycles. The van der Waals surface area contributed by atoms with Crippen LogP contribution in [0.15, 0.2) is 34.9 Å². The van der Waals surface area contributed by atoms with Gasteiger partial charge in [-0.05, 0) is 37.1 Å². The summed E-state index contributed by atoms with van der Waals surface area (Å²) in [6, 6.07) is 7.78. The van der Waals surface area contributed by atoms with Crippen molar-refractivity contribution in [3.8, 4) is 11.5 Å². The molecule has 0 fully saturated rings. The Labute approximate surface area is 118 Å². The van der Waals surface area contributed by atoms with E-state index >= 15 is 0 Å². The number of rotatable bonds is 5. The number of furan rings is 1. The van der Waals surface area contributed by atoms with Crippen LogP contribution in [0.4, 0.5) is 0 Å².